The zero-order chi connectivity index (χ0) is 25.0. The van der Waals surface area contributed by atoms with E-state index in [0.29, 0.717) is 30.9 Å². The molecule has 2 saturated carbocycles. The normalized spacial score (nSPS) is 26.2. The van der Waals surface area contributed by atoms with E-state index in [2.05, 4.69) is 4.98 Å². The maximum Gasteiger partial charge on any atom is 0.243 e. The average Bonchev–Trinajstić information content (AvgIpc) is 3.24. The smallest absolute Gasteiger partial charge is 0.243 e. The van der Waals surface area contributed by atoms with Crippen LogP contribution in [0, 0.1) is 24.6 Å². The summed E-state index contributed by atoms with van der Waals surface area (Å²) in [5.74, 6) is 0.785. The molecule has 6 rings (SSSR count). The first kappa shape index (κ1) is 24.0. The number of carbonyl (C=O) groups excluding carboxylic acids is 1. The number of rotatable bonds is 6. The lowest BCUT2D eigenvalue weighted by Crippen LogP contribution is -2.51. The Hall–Kier alpha value is -2.36. The fraction of sp³-hybridized carbons (Fsp3) is 0.481. The van der Waals surface area contributed by atoms with Gasteiger partial charge in [-0.1, -0.05) is 12.1 Å². The molecular formula is C27H30FN3O3S2. The molecule has 6 nitrogen and oxygen atoms in total. The molecule has 0 unspecified atom stereocenters. The van der Waals surface area contributed by atoms with Crippen molar-refractivity contribution in [2.45, 2.75) is 69.0 Å². The number of sulfonamides is 1. The molecule has 0 spiro atoms. The van der Waals surface area contributed by atoms with Crippen molar-refractivity contribution in [3.8, 4) is 0 Å². The van der Waals surface area contributed by atoms with Gasteiger partial charge in [-0.3, -0.25) is 4.79 Å². The molecule has 1 aliphatic heterocycles. The van der Waals surface area contributed by atoms with Gasteiger partial charge in [0.2, 0.25) is 15.9 Å². The number of hydrogen-bond donors (Lipinski definition) is 0. The highest BCUT2D eigenvalue weighted by Crippen LogP contribution is 2.50. The predicted molar refractivity (Wildman–Crippen MR) is 137 cm³/mol. The highest BCUT2D eigenvalue weighted by atomic mass is 32.2. The number of amides is 1. The first-order chi connectivity index (χ1) is 17.3. The van der Waals surface area contributed by atoms with E-state index in [1.165, 1.54) is 22.9 Å². The van der Waals surface area contributed by atoms with Crippen LogP contribution < -0.4 is 0 Å². The Morgan fingerprint density at radius 2 is 2.00 bits per heavy atom. The van der Waals surface area contributed by atoms with E-state index in [9.17, 15) is 17.6 Å². The standard InChI is InChI=1S/C27H30FN3O3S2/c1-17-4-8-22(14-23(17)28)36(33,34)31-10-2-3-25(31)27(32)30(21-7-6-19-12-20(19)13-21)15-18-5-9-26-24(11-18)29-16-35-26/h4-5,8-9,11,14,16,19-21,25H,2-3,6-7,10,12-13,15H2,1H3/t19-,20-,21-,25+/m1/s1. The highest BCUT2D eigenvalue weighted by molar-refractivity contribution is 7.89. The van der Waals surface area contributed by atoms with Crippen molar-refractivity contribution in [2.24, 2.45) is 11.8 Å². The van der Waals surface area contributed by atoms with E-state index in [4.69, 9.17) is 0 Å². The lowest BCUT2D eigenvalue weighted by molar-refractivity contribution is -0.138. The van der Waals surface area contributed by atoms with E-state index in [1.807, 2.05) is 28.6 Å². The zero-order valence-corrected chi connectivity index (χ0v) is 21.9. The van der Waals surface area contributed by atoms with Gasteiger partial charge in [0.1, 0.15) is 11.9 Å². The van der Waals surface area contributed by atoms with Gasteiger partial charge in [0.15, 0.2) is 0 Å². The van der Waals surface area contributed by atoms with Crippen LogP contribution in [-0.4, -0.2) is 47.1 Å². The van der Waals surface area contributed by atoms with Gasteiger partial charge >= 0.3 is 0 Å². The lowest BCUT2D eigenvalue weighted by Gasteiger charge is -2.37. The second-order valence-electron chi connectivity index (χ2n) is 10.5. The van der Waals surface area contributed by atoms with E-state index < -0.39 is 21.9 Å². The van der Waals surface area contributed by atoms with E-state index in [1.54, 1.807) is 18.3 Å². The van der Waals surface area contributed by atoms with Crippen LogP contribution in [0.15, 0.2) is 46.8 Å². The zero-order valence-electron chi connectivity index (χ0n) is 20.3. The number of nitrogens with zero attached hydrogens (tertiary/aromatic N) is 3. The van der Waals surface area contributed by atoms with E-state index in [-0.39, 0.29) is 23.4 Å². The largest absolute Gasteiger partial charge is 0.334 e. The number of halogens is 1. The van der Waals surface area contributed by atoms with Gasteiger partial charge in [-0.25, -0.2) is 17.8 Å². The van der Waals surface area contributed by atoms with Crippen molar-refractivity contribution in [2.75, 3.05) is 6.54 Å². The Kier molecular flexibility index (Phi) is 6.13. The maximum absolute atomic E-state index is 14.2. The third-order valence-corrected chi connectivity index (χ3v) is 10.9. The average molecular weight is 528 g/mol. The van der Waals surface area contributed by atoms with Crippen molar-refractivity contribution in [3.05, 3.63) is 58.9 Å². The van der Waals surface area contributed by atoms with Crippen LogP contribution in [0.25, 0.3) is 10.2 Å². The second-order valence-corrected chi connectivity index (χ2v) is 13.3. The van der Waals surface area contributed by atoms with Crippen LogP contribution in [0.3, 0.4) is 0 Å². The SMILES string of the molecule is Cc1ccc(S(=O)(=O)N2CCC[C@H]2C(=O)N(Cc2ccc3scnc3c2)[C@@H]2CC[C@@H]3C[C@@H]3C2)cc1F. The van der Waals surface area contributed by atoms with Crippen LogP contribution in [0.5, 0.6) is 0 Å². The van der Waals surface area contributed by atoms with Gasteiger partial charge in [-0.2, -0.15) is 4.31 Å². The molecule has 190 valence electrons. The molecule has 4 atom stereocenters. The molecule has 3 aliphatic rings. The van der Waals surface area contributed by atoms with Crippen molar-refractivity contribution in [1.29, 1.82) is 0 Å². The molecule has 2 aromatic carbocycles. The van der Waals surface area contributed by atoms with Crippen molar-refractivity contribution >= 4 is 37.5 Å². The van der Waals surface area contributed by atoms with Gasteiger partial charge in [0, 0.05) is 19.1 Å². The summed E-state index contributed by atoms with van der Waals surface area (Å²) in [6, 6.07) is 9.44. The summed E-state index contributed by atoms with van der Waals surface area (Å²) in [5, 5.41) is 0. The Morgan fingerprint density at radius 3 is 2.81 bits per heavy atom. The van der Waals surface area contributed by atoms with Crippen LogP contribution in [0.1, 0.15) is 49.7 Å². The number of fused-ring (bicyclic) bond motifs is 2. The predicted octanol–water partition coefficient (Wildman–Crippen LogP) is 5.11. The summed E-state index contributed by atoms with van der Waals surface area (Å²) < 4.78 is 43.7. The third-order valence-electron chi connectivity index (χ3n) is 8.22. The minimum atomic E-state index is -4.00. The molecule has 2 heterocycles. The van der Waals surface area contributed by atoms with Crippen LogP contribution in [0.4, 0.5) is 4.39 Å². The molecule has 1 saturated heterocycles. The minimum absolute atomic E-state index is 0.0932. The molecule has 3 fully saturated rings. The molecule has 0 N–H and O–H groups in total. The number of thiazole rings is 1. The first-order valence-electron chi connectivity index (χ1n) is 12.7. The fourth-order valence-corrected chi connectivity index (χ4v) is 8.35. The quantitative estimate of drug-likeness (QED) is 0.447. The Balaban J connectivity index is 1.30. The van der Waals surface area contributed by atoms with E-state index >= 15 is 0 Å². The summed E-state index contributed by atoms with van der Waals surface area (Å²) in [6.45, 7) is 2.31. The maximum atomic E-state index is 14.2. The molecular weight excluding hydrogens is 497 g/mol. The van der Waals surface area contributed by atoms with Crippen LogP contribution >= 0.6 is 11.3 Å². The third kappa shape index (κ3) is 4.35. The van der Waals surface area contributed by atoms with Crippen LogP contribution in [0.2, 0.25) is 0 Å². The molecule has 36 heavy (non-hydrogen) atoms. The second kappa shape index (κ2) is 9.19. The topological polar surface area (TPSA) is 70.6 Å². The van der Waals surface area contributed by atoms with Gasteiger partial charge in [0.25, 0.3) is 0 Å². The molecule has 1 aromatic heterocycles. The number of carbonyl (C=O) groups is 1. The Labute approximate surface area is 215 Å². The summed E-state index contributed by atoms with van der Waals surface area (Å²) >= 11 is 1.59. The molecule has 1 amide bonds. The molecule has 0 radical (unpaired) electrons. The lowest BCUT2D eigenvalue weighted by atomic mass is 9.93. The van der Waals surface area contributed by atoms with Gasteiger partial charge in [0.05, 0.1) is 20.6 Å². The number of benzene rings is 2. The summed E-state index contributed by atoms with van der Waals surface area (Å²) in [7, 11) is -4.00. The highest BCUT2D eigenvalue weighted by Gasteiger charge is 2.47. The molecule has 3 aromatic rings. The number of aryl methyl sites for hydroxylation is 1. The Bertz CT molecular complexity index is 1420. The van der Waals surface area contributed by atoms with Gasteiger partial charge in [-0.05, 0) is 92.7 Å². The van der Waals surface area contributed by atoms with E-state index in [0.717, 1.165) is 47.0 Å². The summed E-state index contributed by atoms with van der Waals surface area (Å²) in [4.78, 5) is 20.4. The van der Waals surface area contributed by atoms with Crippen molar-refractivity contribution in [3.63, 3.8) is 0 Å². The monoisotopic (exact) mass is 527 g/mol. The summed E-state index contributed by atoms with van der Waals surface area (Å²) in [5.41, 5.74) is 4.14. The molecule has 9 heteroatoms. The number of hydrogen-bond acceptors (Lipinski definition) is 5. The number of aromatic nitrogens is 1. The first-order valence-corrected chi connectivity index (χ1v) is 15.0. The summed E-state index contributed by atoms with van der Waals surface area (Å²) in [6.07, 6.45) is 5.39. The Morgan fingerprint density at radius 1 is 1.14 bits per heavy atom. The minimum Gasteiger partial charge on any atom is -0.334 e. The fourth-order valence-electron chi connectivity index (χ4n) is 6.03. The molecule has 0 bridgehead atoms. The van der Waals surface area contributed by atoms with Crippen molar-refractivity contribution < 1.29 is 17.6 Å². The van der Waals surface area contributed by atoms with Gasteiger partial charge < -0.3 is 4.90 Å². The van der Waals surface area contributed by atoms with Gasteiger partial charge in [-0.15, -0.1) is 11.3 Å². The van der Waals surface area contributed by atoms with Crippen LogP contribution in [-0.2, 0) is 21.4 Å². The van der Waals surface area contributed by atoms with Crippen molar-refractivity contribution in [1.82, 2.24) is 14.2 Å². The molecule has 2 aliphatic carbocycles.